The Morgan fingerprint density at radius 2 is 1.93 bits per heavy atom. The summed E-state index contributed by atoms with van der Waals surface area (Å²) in [5.74, 6) is 0.0928. The summed E-state index contributed by atoms with van der Waals surface area (Å²) in [6.07, 6.45) is 4.50. The molecule has 5 heteroatoms. The molecule has 3 heterocycles. The van der Waals surface area contributed by atoms with Gasteiger partial charge in [0, 0.05) is 49.4 Å². The van der Waals surface area contributed by atoms with Crippen molar-refractivity contribution in [2.45, 2.75) is 13.0 Å². The normalized spacial score (nSPS) is 13.3. The third-order valence-electron chi connectivity index (χ3n) is 5.32. The summed E-state index contributed by atoms with van der Waals surface area (Å²) in [5, 5.41) is 5.38. The van der Waals surface area contributed by atoms with Crippen LogP contribution in [0.4, 0.5) is 0 Å². The van der Waals surface area contributed by atoms with E-state index in [-0.39, 0.29) is 5.91 Å². The lowest BCUT2D eigenvalue weighted by molar-refractivity contribution is 0.0780. The van der Waals surface area contributed by atoms with E-state index in [4.69, 9.17) is 4.98 Å². The van der Waals surface area contributed by atoms with Gasteiger partial charge in [0.2, 0.25) is 0 Å². The van der Waals surface area contributed by atoms with Gasteiger partial charge < -0.3 is 4.90 Å². The number of carbonyl (C=O) groups excluding carboxylic acids is 1. The Kier molecular flexibility index (Phi) is 3.93. The van der Waals surface area contributed by atoms with Gasteiger partial charge in [0.15, 0.2) is 0 Å². The van der Waals surface area contributed by atoms with Gasteiger partial charge in [0.1, 0.15) is 0 Å². The van der Waals surface area contributed by atoms with Gasteiger partial charge >= 0.3 is 0 Å². The van der Waals surface area contributed by atoms with Crippen LogP contribution >= 0.6 is 0 Å². The number of benzene rings is 2. The summed E-state index contributed by atoms with van der Waals surface area (Å²) in [6, 6.07) is 18.3. The molecule has 0 fully saturated rings. The molecule has 2 aromatic heterocycles. The number of rotatable bonds is 4. The van der Waals surface area contributed by atoms with E-state index >= 15 is 0 Å². The Morgan fingerprint density at radius 3 is 2.79 bits per heavy atom. The van der Waals surface area contributed by atoms with Gasteiger partial charge in [-0.25, -0.2) is 0 Å². The molecule has 28 heavy (non-hydrogen) atoms. The predicted octanol–water partition coefficient (Wildman–Crippen LogP) is 3.83. The summed E-state index contributed by atoms with van der Waals surface area (Å²) in [5.41, 5.74) is 5.83. The van der Waals surface area contributed by atoms with Crippen LogP contribution in [0.2, 0.25) is 0 Å². The first kappa shape index (κ1) is 16.7. The molecule has 1 amide bonds. The van der Waals surface area contributed by atoms with Crippen LogP contribution in [-0.4, -0.2) is 32.1 Å². The Hall–Kier alpha value is -3.47. The molecule has 0 spiro atoms. The van der Waals surface area contributed by atoms with Gasteiger partial charge in [0.05, 0.1) is 17.3 Å². The van der Waals surface area contributed by atoms with Crippen molar-refractivity contribution in [3.05, 3.63) is 83.8 Å². The van der Waals surface area contributed by atoms with E-state index in [1.807, 2.05) is 60.7 Å². The van der Waals surface area contributed by atoms with E-state index in [0.717, 1.165) is 45.3 Å². The molecule has 0 unspecified atom stereocenters. The lowest BCUT2D eigenvalue weighted by atomic mass is 9.99. The van der Waals surface area contributed by atoms with Gasteiger partial charge in [-0.05, 0) is 23.3 Å². The summed E-state index contributed by atoms with van der Waals surface area (Å²) < 4.78 is 1.76. The van der Waals surface area contributed by atoms with Crippen molar-refractivity contribution >= 4 is 16.8 Å². The van der Waals surface area contributed by atoms with Crippen LogP contribution in [0.5, 0.6) is 0 Å². The third-order valence-corrected chi connectivity index (χ3v) is 5.32. The second kappa shape index (κ2) is 6.60. The van der Waals surface area contributed by atoms with Crippen LogP contribution in [0, 0.1) is 0 Å². The number of amides is 1. The lowest BCUT2D eigenvalue weighted by Gasteiger charge is -2.15. The number of hydrogen-bond donors (Lipinski definition) is 0. The average molecular weight is 368 g/mol. The first-order valence-corrected chi connectivity index (χ1v) is 9.44. The summed E-state index contributed by atoms with van der Waals surface area (Å²) >= 11 is 0. The third kappa shape index (κ3) is 2.85. The van der Waals surface area contributed by atoms with Gasteiger partial charge in [-0.3, -0.25) is 14.5 Å². The Labute approximate surface area is 163 Å². The molecule has 0 radical (unpaired) electrons. The first-order chi connectivity index (χ1) is 13.7. The minimum Gasteiger partial charge on any atom is -0.334 e. The molecule has 5 nitrogen and oxygen atoms in total. The second-order valence-corrected chi connectivity index (χ2v) is 7.21. The van der Waals surface area contributed by atoms with Crippen molar-refractivity contribution in [3.63, 3.8) is 0 Å². The van der Waals surface area contributed by atoms with Gasteiger partial charge in [-0.1, -0.05) is 42.5 Å². The highest BCUT2D eigenvalue weighted by atomic mass is 16.2. The maximum absolute atomic E-state index is 13.1. The number of aromatic nitrogens is 3. The minimum atomic E-state index is 0.0928. The van der Waals surface area contributed by atoms with E-state index in [9.17, 15) is 4.79 Å². The van der Waals surface area contributed by atoms with Gasteiger partial charge in [-0.15, -0.1) is 0 Å². The summed E-state index contributed by atoms with van der Waals surface area (Å²) in [7, 11) is 1.89. The second-order valence-electron chi connectivity index (χ2n) is 7.21. The standard InChI is InChI=1S/C23H20N4O/c1-26-14-18(13-24-26)20-7-4-6-17-15-27(23(28)22(17)20)12-11-19-10-9-16-5-2-3-8-21(16)25-19/h2-10,13-14H,11-12,15H2,1H3. The van der Waals surface area contributed by atoms with Crippen LogP contribution in [0.15, 0.2) is 67.0 Å². The Morgan fingerprint density at radius 1 is 1.04 bits per heavy atom. The monoisotopic (exact) mass is 368 g/mol. The molecule has 4 aromatic rings. The topological polar surface area (TPSA) is 51.0 Å². The number of para-hydroxylation sites is 1. The smallest absolute Gasteiger partial charge is 0.255 e. The Bertz CT molecular complexity index is 1190. The molecule has 1 aliphatic heterocycles. The first-order valence-electron chi connectivity index (χ1n) is 9.44. The fourth-order valence-corrected chi connectivity index (χ4v) is 3.90. The zero-order valence-corrected chi connectivity index (χ0v) is 15.7. The highest BCUT2D eigenvalue weighted by molar-refractivity contribution is 6.04. The molecule has 0 saturated carbocycles. The largest absolute Gasteiger partial charge is 0.334 e. The predicted molar refractivity (Wildman–Crippen MR) is 109 cm³/mol. The number of fused-ring (bicyclic) bond motifs is 2. The average Bonchev–Trinajstić information content (AvgIpc) is 3.29. The molecule has 138 valence electrons. The maximum Gasteiger partial charge on any atom is 0.255 e. The minimum absolute atomic E-state index is 0.0928. The van der Waals surface area contributed by atoms with E-state index in [1.165, 1.54) is 0 Å². The van der Waals surface area contributed by atoms with E-state index in [1.54, 1.807) is 4.68 Å². The van der Waals surface area contributed by atoms with Crippen molar-refractivity contribution in [2.75, 3.05) is 6.54 Å². The molecular weight excluding hydrogens is 348 g/mol. The SMILES string of the molecule is Cn1cc(-c2cccc3c2C(=O)N(CCc2ccc4ccccc4n2)C3)cn1. The summed E-state index contributed by atoms with van der Waals surface area (Å²) in [4.78, 5) is 19.8. The number of aryl methyl sites for hydroxylation is 1. The highest BCUT2D eigenvalue weighted by Crippen LogP contribution is 2.32. The van der Waals surface area contributed by atoms with Gasteiger partial charge in [-0.2, -0.15) is 5.10 Å². The lowest BCUT2D eigenvalue weighted by Crippen LogP contribution is -2.26. The van der Waals surface area contributed by atoms with Crippen molar-refractivity contribution in [1.29, 1.82) is 0 Å². The van der Waals surface area contributed by atoms with Crippen molar-refractivity contribution in [1.82, 2.24) is 19.7 Å². The molecule has 5 rings (SSSR count). The van der Waals surface area contributed by atoms with Crippen LogP contribution in [0.25, 0.3) is 22.0 Å². The molecule has 2 aromatic carbocycles. The quantitative estimate of drug-likeness (QED) is 0.550. The van der Waals surface area contributed by atoms with Crippen molar-refractivity contribution in [3.8, 4) is 11.1 Å². The molecule has 0 bridgehead atoms. The fraction of sp³-hybridized carbons (Fsp3) is 0.174. The molecule has 0 saturated heterocycles. The van der Waals surface area contributed by atoms with E-state index in [2.05, 4.69) is 23.3 Å². The maximum atomic E-state index is 13.1. The number of pyridine rings is 1. The number of carbonyl (C=O) groups is 1. The van der Waals surface area contributed by atoms with Gasteiger partial charge in [0.25, 0.3) is 5.91 Å². The van der Waals surface area contributed by atoms with Crippen molar-refractivity contribution < 1.29 is 4.79 Å². The number of nitrogens with zero attached hydrogens (tertiary/aromatic N) is 4. The molecule has 0 atom stereocenters. The fourth-order valence-electron chi connectivity index (χ4n) is 3.90. The van der Waals surface area contributed by atoms with Crippen LogP contribution < -0.4 is 0 Å². The zero-order valence-electron chi connectivity index (χ0n) is 15.7. The molecule has 1 aliphatic rings. The summed E-state index contributed by atoms with van der Waals surface area (Å²) in [6.45, 7) is 1.31. The van der Waals surface area contributed by atoms with E-state index < -0.39 is 0 Å². The van der Waals surface area contributed by atoms with Crippen LogP contribution in [0.1, 0.15) is 21.6 Å². The van der Waals surface area contributed by atoms with Crippen LogP contribution in [0.3, 0.4) is 0 Å². The molecule has 0 aliphatic carbocycles. The van der Waals surface area contributed by atoms with E-state index in [0.29, 0.717) is 13.1 Å². The zero-order chi connectivity index (χ0) is 19.1. The highest BCUT2D eigenvalue weighted by Gasteiger charge is 2.30. The van der Waals surface area contributed by atoms with Crippen molar-refractivity contribution in [2.24, 2.45) is 7.05 Å². The van der Waals surface area contributed by atoms with Crippen LogP contribution in [-0.2, 0) is 20.0 Å². The Balaban J connectivity index is 1.37. The molecular formula is C23H20N4O. The molecule has 0 N–H and O–H groups in total. The number of hydrogen-bond acceptors (Lipinski definition) is 3.